The normalized spacial score (nSPS) is 11.8. The van der Waals surface area contributed by atoms with Crippen molar-refractivity contribution in [2.45, 2.75) is 38.5 Å². The lowest BCUT2D eigenvalue weighted by Gasteiger charge is -2.14. The zero-order chi connectivity index (χ0) is 22.9. The number of fused-ring (bicyclic) bond motifs is 3. The molecule has 1 aliphatic carbocycles. The highest BCUT2D eigenvalue weighted by atomic mass is 16.7. The largest absolute Gasteiger partial charge is 0.449 e. The topological polar surface area (TPSA) is 102 Å². The number of nitrogens with zero attached hydrogens (tertiary/aromatic N) is 1. The van der Waals surface area contributed by atoms with E-state index in [0.29, 0.717) is 30.9 Å². The summed E-state index contributed by atoms with van der Waals surface area (Å²) in [5.74, 6) is -1.31. The van der Waals surface area contributed by atoms with E-state index in [1.54, 1.807) is 0 Å². The third-order valence-corrected chi connectivity index (χ3v) is 5.28. The third kappa shape index (κ3) is 5.72. The lowest BCUT2D eigenvalue weighted by molar-refractivity contribution is -0.195. The zero-order valence-electron chi connectivity index (χ0n) is 17.9. The molecule has 0 radical (unpaired) electrons. The van der Waals surface area contributed by atoms with Crippen LogP contribution in [0.4, 0.5) is 4.79 Å². The molecule has 0 bridgehead atoms. The second-order valence-electron chi connectivity index (χ2n) is 7.48. The smallest absolute Gasteiger partial charge is 0.407 e. The summed E-state index contributed by atoms with van der Waals surface area (Å²) < 4.78 is 5.47. The van der Waals surface area contributed by atoms with Gasteiger partial charge in [-0.05, 0) is 35.1 Å². The first kappa shape index (κ1) is 23.0. The molecule has 32 heavy (non-hydrogen) atoms. The average molecular weight is 438 g/mol. The van der Waals surface area contributed by atoms with Gasteiger partial charge in [0.05, 0.1) is 0 Å². The van der Waals surface area contributed by atoms with E-state index in [0.717, 1.165) is 18.1 Å². The van der Waals surface area contributed by atoms with Crippen LogP contribution in [0.25, 0.3) is 11.1 Å². The Morgan fingerprint density at radius 2 is 1.59 bits per heavy atom. The summed E-state index contributed by atoms with van der Waals surface area (Å²) in [4.78, 5) is 49.9. The van der Waals surface area contributed by atoms with Gasteiger partial charge in [-0.25, -0.2) is 9.59 Å². The van der Waals surface area contributed by atoms with Crippen LogP contribution in [0, 0.1) is 0 Å². The molecule has 0 saturated carbocycles. The van der Waals surface area contributed by atoms with Crippen molar-refractivity contribution >= 4 is 24.4 Å². The van der Waals surface area contributed by atoms with E-state index in [9.17, 15) is 19.2 Å². The van der Waals surface area contributed by atoms with Crippen LogP contribution >= 0.6 is 0 Å². The van der Waals surface area contributed by atoms with Crippen molar-refractivity contribution in [3.05, 3.63) is 59.7 Å². The minimum Gasteiger partial charge on any atom is -0.449 e. The summed E-state index contributed by atoms with van der Waals surface area (Å²) in [5, 5.41) is 3.08. The highest BCUT2D eigenvalue weighted by Crippen LogP contribution is 2.44. The van der Waals surface area contributed by atoms with Gasteiger partial charge in [-0.2, -0.15) is 0 Å². The molecule has 0 unspecified atom stereocenters. The van der Waals surface area contributed by atoms with Gasteiger partial charge < -0.3 is 14.9 Å². The summed E-state index contributed by atoms with van der Waals surface area (Å²) in [7, 11) is 0. The van der Waals surface area contributed by atoms with Gasteiger partial charge in [0.25, 0.3) is 12.3 Å². The lowest BCUT2D eigenvalue weighted by atomic mass is 9.98. The molecule has 0 saturated heterocycles. The molecular weight excluding hydrogens is 412 g/mol. The Morgan fingerprint density at radius 3 is 2.19 bits per heavy atom. The first-order chi connectivity index (χ1) is 15.5. The van der Waals surface area contributed by atoms with Crippen LogP contribution in [0.1, 0.15) is 49.7 Å². The molecule has 8 heteroatoms. The third-order valence-electron chi connectivity index (χ3n) is 5.28. The highest BCUT2D eigenvalue weighted by Gasteiger charge is 2.28. The number of unbranched alkanes of at least 4 members (excludes halogenated alkanes) is 2. The predicted molar refractivity (Wildman–Crippen MR) is 116 cm³/mol. The number of carbonyl (C=O) groups excluding carboxylic acids is 4. The van der Waals surface area contributed by atoms with Crippen molar-refractivity contribution in [3.8, 4) is 11.1 Å². The van der Waals surface area contributed by atoms with Crippen molar-refractivity contribution in [3.63, 3.8) is 0 Å². The van der Waals surface area contributed by atoms with Crippen molar-refractivity contribution in [1.82, 2.24) is 10.4 Å². The van der Waals surface area contributed by atoms with Gasteiger partial charge in [0.1, 0.15) is 6.61 Å². The van der Waals surface area contributed by atoms with Gasteiger partial charge >= 0.3 is 12.1 Å². The van der Waals surface area contributed by atoms with Gasteiger partial charge in [0.2, 0.25) is 0 Å². The molecular formula is C24H26N2O6. The van der Waals surface area contributed by atoms with Gasteiger partial charge in [-0.1, -0.05) is 55.0 Å². The van der Waals surface area contributed by atoms with Crippen LogP contribution in [0.2, 0.25) is 0 Å². The quantitative estimate of drug-likeness (QED) is 0.365. The van der Waals surface area contributed by atoms with Crippen LogP contribution in [0.5, 0.6) is 0 Å². The van der Waals surface area contributed by atoms with Crippen molar-refractivity contribution in [2.24, 2.45) is 0 Å². The van der Waals surface area contributed by atoms with Crippen molar-refractivity contribution < 1.29 is 28.8 Å². The van der Waals surface area contributed by atoms with Crippen molar-refractivity contribution in [1.29, 1.82) is 0 Å². The minimum absolute atomic E-state index is 0.0140. The van der Waals surface area contributed by atoms with Crippen LogP contribution < -0.4 is 5.32 Å². The zero-order valence-corrected chi connectivity index (χ0v) is 17.9. The molecule has 1 aliphatic rings. The SMILES string of the molecule is CC(=O)N(C=O)OC(=O)CCCCCNC(=O)OCC1c2ccccc2-c2ccccc21. The average Bonchev–Trinajstić information content (AvgIpc) is 3.12. The maximum Gasteiger partial charge on any atom is 0.407 e. The second kappa shape index (κ2) is 11.1. The summed E-state index contributed by atoms with van der Waals surface area (Å²) in [6.07, 6.45) is 1.58. The van der Waals surface area contributed by atoms with Crippen LogP contribution in [-0.4, -0.2) is 42.6 Å². The Kier molecular flexibility index (Phi) is 7.96. The Balaban J connectivity index is 1.35. The summed E-state index contributed by atoms with van der Waals surface area (Å²) in [6, 6.07) is 16.3. The standard InChI is InChI=1S/C24H26N2O6/c1-17(28)26(16-27)32-23(29)13-3-2-8-14-25-24(30)31-15-22-20-11-6-4-9-18(20)19-10-5-7-12-21(19)22/h4-7,9-12,16,22H,2-3,8,13-15H2,1H3,(H,25,30). The Morgan fingerprint density at radius 1 is 0.969 bits per heavy atom. The van der Waals surface area contributed by atoms with E-state index < -0.39 is 18.0 Å². The number of rotatable bonds is 9. The summed E-state index contributed by atoms with van der Waals surface area (Å²) in [6.45, 7) is 1.80. The van der Waals surface area contributed by atoms with E-state index in [4.69, 9.17) is 4.74 Å². The predicted octanol–water partition coefficient (Wildman–Crippen LogP) is 3.55. The number of imide groups is 1. The number of hydrogen-bond acceptors (Lipinski definition) is 6. The maximum absolute atomic E-state index is 12.1. The molecule has 0 heterocycles. The van der Waals surface area contributed by atoms with Gasteiger partial charge in [-0.15, -0.1) is 5.06 Å². The number of amides is 3. The van der Waals surface area contributed by atoms with Crippen molar-refractivity contribution in [2.75, 3.05) is 13.2 Å². The Bertz CT molecular complexity index is 944. The number of hydroxylamine groups is 2. The first-order valence-electron chi connectivity index (χ1n) is 10.6. The molecule has 3 rings (SSSR count). The van der Waals surface area contributed by atoms with E-state index >= 15 is 0 Å². The van der Waals surface area contributed by atoms with Gasteiger partial charge in [0.15, 0.2) is 0 Å². The fraction of sp³-hybridized carbons (Fsp3) is 0.333. The monoisotopic (exact) mass is 438 g/mol. The number of nitrogens with one attached hydrogen (secondary N) is 1. The van der Waals surface area contributed by atoms with Crippen LogP contribution in [-0.2, 0) is 24.0 Å². The van der Waals surface area contributed by atoms with Crippen LogP contribution in [0.15, 0.2) is 48.5 Å². The molecule has 0 aromatic heterocycles. The first-order valence-corrected chi connectivity index (χ1v) is 10.6. The number of benzene rings is 2. The van der Waals surface area contributed by atoms with E-state index in [1.807, 2.05) is 24.3 Å². The number of carbonyl (C=O) groups is 4. The van der Waals surface area contributed by atoms with E-state index in [-0.39, 0.29) is 25.4 Å². The number of hydrogen-bond donors (Lipinski definition) is 1. The van der Waals surface area contributed by atoms with E-state index in [2.05, 4.69) is 34.4 Å². The van der Waals surface area contributed by atoms with Gasteiger partial charge in [-0.3, -0.25) is 9.59 Å². The molecule has 2 aromatic rings. The summed E-state index contributed by atoms with van der Waals surface area (Å²) in [5.41, 5.74) is 4.67. The van der Waals surface area contributed by atoms with E-state index in [1.165, 1.54) is 11.1 Å². The molecule has 0 atom stereocenters. The van der Waals surface area contributed by atoms with Crippen LogP contribution in [0.3, 0.4) is 0 Å². The minimum atomic E-state index is -0.666. The summed E-state index contributed by atoms with van der Waals surface area (Å²) >= 11 is 0. The number of alkyl carbamates (subject to hydrolysis) is 1. The second-order valence-corrected chi connectivity index (χ2v) is 7.48. The maximum atomic E-state index is 12.1. The molecule has 3 amide bonds. The molecule has 8 nitrogen and oxygen atoms in total. The fourth-order valence-corrected chi connectivity index (χ4v) is 3.73. The molecule has 0 fully saturated rings. The lowest BCUT2D eigenvalue weighted by Crippen LogP contribution is -2.30. The Labute approximate surface area is 186 Å². The Hall–Kier alpha value is -3.68. The fourth-order valence-electron chi connectivity index (χ4n) is 3.73. The van der Waals surface area contributed by atoms with Gasteiger partial charge in [0, 0.05) is 25.8 Å². The highest BCUT2D eigenvalue weighted by molar-refractivity contribution is 5.84. The molecule has 168 valence electrons. The molecule has 1 N–H and O–H groups in total. The molecule has 2 aromatic carbocycles. The molecule has 0 spiro atoms. The molecule has 0 aliphatic heterocycles. The number of ether oxygens (including phenoxy) is 1.